The molecule has 0 saturated carbocycles. The zero-order valence-corrected chi connectivity index (χ0v) is 28.8. The molecule has 14 nitrogen and oxygen atoms in total. The molecule has 49 heavy (non-hydrogen) atoms. The fourth-order valence-corrected chi connectivity index (χ4v) is 6.14. The van der Waals surface area contributed by atoms with Crippen molar-refractivity contribution < 1.29 is 29.0 Å². The van der Waals surface area contributed by atoms with Gasteiger partial charge in [0.25, 0.3) is 0 Å². The SMILES string of the molecule is CCCCc1nc2c(N)nc3ccccc3c2n1Cc1ccc(CNC(=O)C(CO)NC(=O)C(CSCCNC(=O)OC)NC(C)=O)cc1. The zero-order chi connectivity index (χ0) is 35.3. The quantitative estimate of drug-likeness (QED) is 0.0892. The number of aliphatic hydroxyl groups excluding tert-OH is 1. The average molecular weight is 693 g/mol. The number of ether oxygens (including phenoxy) is 1. The molecule has 0 radical (unpaired) electrons. The number of aromatic nitrogens is 3. The maximum Gasteiger partial charge on any atom is 0.406 e. The minimum atomic E-state index is -1.22. The molecule has 4 aromatic rings. The number of nitrogen functional groups attached to an aromatic ring is 1. The summed E-state index contributed by atoms with van der Waals surface area (Å²) in [5.74, 6) is 0.403. The molecule has 4 amide bonds. The number of unbranched alkanes of at least 4 members (excludes halogenated alkanes) is 1. The Kier molecular flexibility index (Phi) is 13.6. The Morgan fingerprint density at radius 3 is 2.41 bits per heavy atom. The van der Waals surface area contributed by atoms with Gasteiger partial charge in [-0.2, -0.15) is 11.8 Å². The number of imidazole rings is 1. The predicted molar refractivity (Wildman–Crippen MR) is 190 cm³/mol. The van der Waals surface area contributed by atoms with Gasteiger partial charge in [0.1, 0.15) is 23.4 Å². The van der Waals surface area contributed by atoms with Crippen molar-refractivity contribution in [1.29, 1.82) is 0 Å². The number of carbonyl (C=O) groups is 4. The third-order valence-corrected chi connectivity index (χ3v) is 8.83. The van der Waals surface area contributed by atoms with Gasteiger partial charge >= 0.3 is 6.09 Å². The van der Waals surface area contributed by atoms with E-state index in [1.54, 1.807) is 0 Å². The van der Waals surface area contributed by atoms with Crippen molar-refractivity contribution in [3.8, 4) is 0 Å². The Morgan fingerprint density at radius 1 is 0.980 bits per heavy atom. The molecule has 0 aliphatic heterocycles. The highest BCUT2D eigenvalue weighted by molar-refractivity contribution is 7.99. The third kappa shape index (κ3) is 10.1. The summed E-state index contributed by atoms with van der Waals surface area (Å²) < 4.78 is 6.72. The molecule has 15 heteroatoms. The minimum Gasteiger partial charge on any atom is -0.453 e. The molecule has 4 rings (SSSR count). The number of anilines is 1. The number of benzene rings is 2. The molecule has 0 spiro atoms. The number of aliphatic hydroxyl groups is 1. The average Bonchev–Trinajstić information content (AvgIpc) is 3.46. The van der Waals surface area contributed by atoms with Crippen LogP contribution in [-0.2, 0) is 38.6 Å². The molecule has 2 heterocycles. The summed E-state index contributed by atoms with van der Waals surface area (Å²) in [5.41, 5.74) is 10.7. The number of nitrogens with two attached hydrogens (primary N) is 1. The molecular formula is C34H44N8O6S. The first-order valence-electron chi connectivity index (χ1n) is 16.1. The van der Waals surface area contributed by atoms with Crippen molar-refractivity contribution in [2.45, 2.75) is 58.3 Å². The lowest BCUT2D eigenvalue weighted by molar-refractivity contribution is -0.132. The first-order valence-corrected chi connectivity index (χ1v) is 17.3. The Bertz CT molecular complexity index is 1760. The van der Waals surface area contributed by atoms with E-state index in [9.17, 15) is 24.3 Å². The van der Waals surface area contributed by atoms with E-state index in [4.69, 9.17) is 10.7 Å². The maximum absolute atomic E-state index is 12.9. The summed E-state index contributed by atoms with van der Waals surface area (Å²) in [6.45, 7) is 3.85. The van der Waals surface area contributed by atoms with Crippen molar-refractivity contribution in [2.75, 3.05) is 37.5 Å². The van der Waals surface area contributed by atoms with Crippen LogP contribution in [0, 0.1) is 0 Å². The van der Waals surface area contributed by atoms with Gasteiger partial charge in [-0.1, -0.05) is 55.8 Å². The van der Waals surface area contributed by atoms with Crippen molar-refractivity contribution >= 4 is 63.3 Å². The summed E-state index contributed by atoms with van der Waals surface area (Å²) in [6, 6.07) is 13.5. The van der Waals surface area contributed by atoms with Crippen molar-refractivity contribution in [1.82, 2.24) is 35.8 Å². The van der Waals surface area contributed by atoms with Gasteiger partial charge in [-0.25, -0.2) is 14.8 Å². The Morgan fingerprint density at radius 2 is 1.71 bits per heavy atom. The highest BCUT2D eigenvalue weighted by Gasteiger charge is 2.26. The number of nitrogens with zero attached hydrogens (tertiary/aromatic N) is 3. The highest BCUT2D eigenvalue weighted by atomic mass is 32.2. The van der Waals surface area contributed by atoms with E-state index < -0.39 is 42.5 Å². The summed E-state index contributed by atoms with van der Waals surface area (Å²) in [7, 11) is 1.26. The molecule has 0 saturated heterocycles. The predicted octanol–water partition coefficient (Wildman–Crippen LogP) is 2.24. The fraction of sp³-hybridized carbons (Fsp3) is 0.412. The van der Waals surface area contributed by atoms with Crippen LogP contribution >= 0.6 is 11.8 Å². The third-order valence-electron chi connectivity index (χ3n) is 7.77. The van der Waals surface area contributed by atoms with Crippen LogP contribution in [0.2, 0.25) is 0 Å². The normalized spacial score (nSPS) is 12.3. The van der Waals surface area contributed by atoms with Gasteiger partial charge in [-0.05, 0) is 23.6 Å². The second-order valence-electron chi connectivity index (χ2n) is 11.5. The van der Waals surface area contributed by atoms with E-state index in [0.29, 0.717) is 30.2 Å². The van der Waals surface area contributed by atoms with Crippen LogP contribution in [0.25, 0.3) is 21.9 Å². The van der Waals surface area contributed by atoms with Crippen LogP contribution in [0.15, 0.2) is 48.5 Å². The molecule has 0 aliphatic carbocycles. The number of fused-ring (bicyclic) bond motifs is 3. The Balaban J connectivity index is 1.38. The van der Waals surface area contributed by atoms with Crippen molar-refractivity contribution in [2.24, 2.45) is 0 Å². The van der Waals surface area contributed by atoms with Crippen LogP contribution in [0.5, 0.6) is 0 Å². The first-order chi connectivity index (χ1) is 23.6. The maximum atomic E-state index is 12.9. The van der Waals surface area contributed by atoms with E-state index in [1.165, 1.54) is 25.8 Å². The van der Waals surface area contributed by atoms with E-state index in [0.717, 1.165) is 52.6 Å². The number of methoxy groups -OCH3 is 1. The molecule has 2 atom stereocenters. The Labute approximate surface area is 288 Å². The van der Waals surface area contributed by atoms with Gasteiger partial charge in [-0.3, -0.25) is 14.4 Å². The lowest BCUT2D eigenvalue weighted by atomic mass is 10.1. The topological polar surface area (TPSA) is 203 Å². The first kappa shape index (κ1) is 36.9. The number of hydrogen-bond donors (Lipinski definition) is 6. The number of carbonyl (C=O) groups excluding carboxylic acids is 4. The number of para-hydroxylation sites is 1. The van der Waals surface area contributed by atoms with Crippen molar-refractivity contribution in [3.63, 3.8) is 0 Å². The second-order valence-corrected chi connectivity index (χ2v) is 12.6. The number of hydrogen-bond acceptors (Lipinski definition) is 10. The second kappa shape index (κ2) is 18.0. The molecule has 7 N–H and O–H groups in total. The fourth-order valence-electron chi connectivity index (χ4n) is 5.25. The van der Waals surface area contributed by atoms with Gasteiger partial charge in [0, 0.05) is 49.9 Å². The molecule has 0 aliphatic rings. The zero-order valence-electron chi connectivity index (χ0n) is 28.0. The van der Waals surface area contributed by atoms with Gasteiger partial charge in [0.15, 0.2) is 5.82 Å². The largest absolute Gasteiger partial charge is 0.453 e. The number of alkyl carbamates (subject to hydrolysis) is 1. The van der Waals surface area contributed by atoms with Crippen molar-refractivity contribution in [3.05, 3.63) is 65.5 Å². The van der Waals surface area contributed by atoms with Gasteiger partial charge in [0.2, 0.25) is 17.7 Å². The smallest absolute Gasteiger partial charge is 0.406 e. The molecule has 262 valence electrons. The number of pyridine rings is 1. The lowest BCUT2D eigenvalue weighted by Gasteiger charge is -2.21. The van der Waals surface area contributed by atoms with E-state index >= 15 is 0 Å². The van der Waals surface area contributed by atoms with Gasteiger partial charge in [-0.15, -0.1) is 0 Å². The minimum absolute atomic E-state index is 0.173. The molecule has 2 aromatic carbocycles. The van der Waals surface area contributed by atoms with Gasteiger partial charge < -0.3 is 41.4 Å². The van der Waals surface area contributed by atoms with Crippen LogP contribution in [0.1, 0.15) is 43.6 Å². The monoisotopic (exact) mass is 692 g/mol. The standard InChI is InChI=1S/C34H44N8O6S/c1-4-5-10-28-41-29-30(24-8-6-7-9-25(24)39-31(29)35)42(28)18-23-13-11-22(12-14-23)17-37-32(45)26(19-43)40-33(46)27(38-21(2)44)20-49-16-15-36-34(47)48-3/h6-9,11-14,26-27,43H,4-5,10,15-20H2,1-3H3,(H2,35,39)(H,36,47)(H,37,45)(H,38,44)(H,40,46). The molecule has 0 fully saturated rings. The number of amides is 4. The van der Waals surface area contributed by atoms with Crippen LogP contribution < -0.4 is 27.0 Å². The van der Waals surface area contributed by atoms with E-state index in [1.807, 2.05) is 48.5 Å². The Hall–Kier alpha value is -4.89. The van der Waals surface area contributed by atoms with E-state index in [-0.39, 0.29) is 12.3 Å². The van der Waals surface area contributed by atoms with Crippen LogP contribution in [-0.4, -0.2) is 87.3 Å². The molecule has 2 unspecified atom stereocenters. The summed E-state index contributed by atoms with van der Waals surface area (Å²) in [5, 5.41) is 21.2. The molecule has 2 aromatic heterocycles. The van der Waals surface area contributed by atoms with Crippen LogP contribution in [0.3, 0.4) is 0 Å². The van der Waals surface area contributed by atoms with E-state index in [2.05, 4.69) is 42.5 Å². The molecular weight excluding hydrogens is 648 g/mol. The number of nitrogens with one attached hydrogen (secondary N) is 4. The lowest BCUT2D eigenvalue weighted by Crippen LogP contribution is -2.55. The molecule has 0 bridgehead atoms. The summed E-state index contributed by atoms with van der Waals surface area (Å²) >= 11 is 1.32. The highest BCUT2D eigenvalue weighted by Crippen LogP contribution is 2.30. The number of aryl methyl sites for hydroxylation is 1. The number of thioether (sulfide) groups is 1. The van der Waals surface area contributed by atoms with Crippen LogP contribution in [0.4, 0.5) is 10.6 Å². The summed E-state index contributed by atoms with van der Waals surface area (Å²) in [6.07, 6.45) is 2.27. The number of rotatable bonds is 17. The van der Waals surface area contributed by atoms with Gasteiger partial charge in [0.05, 0.1) is 24.8 Å². The summed E-state index contributed by atoms with van der Waals surface area (Å²) in [4.78, 5) is 58.2.